The van der Waals surface area contributed by atoms with Gasteiger partial charge in [-0.15, -0.1) is 0 Å². The number of pyridine rings is 1. The number of hydrogen-bond donors (Lipinski definition) is 3. The van der Waals surface area contributed by atoms with E-state index in [2.05, 4.69) is 31.1 Å². The van der Waals surface area contributed by atoms with Crippen molar-refractivity contribution in [2.24, 2.45) is 0 Å². The predicted molar refractivity (Wildman–Crippen MR) is 94.9 cm³/mol. The minimum absolute atomic E-state index is 0.236. The minimum atomic E-state index is -0.236. The van der Waals surface area contributed by atoms with Gasteiger partial charge in [0.15, 0.2) is 5.82 Å². The van der Waals surface area contributed by atoms with Crippen LogP contribution in [0.3, 0.4) is 0 Å². The molecule has 0 fully saturated rings. The average Bonchev–Trinajstić information content (AvgIpc) is 3.07. The van der Waals surface area contributed by atoms with Crippen LogP contribution in [0.4, 0.5) is 21.7 Å². The number of aryl methyl sites for hydroxylation is 2. The lowest BCUT2D eigenvalue weighted by atomic mass is 10.1. The maximum absolute atomic E-state index is 13.5. The van der Waals surface area contributed by atoms with Gasteiger partial charge in [-0.25, -0.2) is 24.8 Å². The molecule has 7 heteroatoms. The fourth-order valence-electron chi connectivity index (χ4n) is 2.68. The highest BCUT2D eigenvalue weighted by atomic mass is 19.1. The van der Waals surface area contributed by atoms with Crippen LogP contribution in [0.25, 0.3) is 11.4 Å². The smallest absolute Gasteiger partial charge is 0.161 e. The van der Waals surface area contributed by atoms with Gasteiger partial charge >= 0.3 is 0 Å². The van der Waals surface area contributed by atoms with Crippen LogP contribution in [0, 0.1) is 19.7 Å². The Kier molecular flexibility index (Phi) is 3.77. The number of rotatable bonds is 3. The van der Waals surface area contributed by atoms with Crippen LogP contribution in [0.5, 0.6) is 0 Å². The number of anilines is 3. The Morgan fingerprint density at radius 2 is 1.96 bits per heavy atom. The van der Waals surface area contributed by atoms with Gasteiger partial charge in [0.05, 0.1) is 11.9 Å². The number of hydrazine groups is 1. The van der Waals surface area contributed by atoms with E-state index < -0.39 is 0 Å². The molecule has 0 unspecified atom stereocenters. The summed E-state index contributed by atoms with van der Waals surface area (Å²) >= 11 is 0. The third-order valence-electron chi connectivity index (χ3n) is 4.10. The molecule has 1 aromatic carbocycles. The highest BCUT2D eigenvalue weighted by Gasteiger charge is 2.13. The van der Waals surface area contributed by atoms with Gasteiger partial charge in [-0.3, -0.25) is 0 Å². The molecule has 4 rings (SSSR count). The van der Waals surface area contributed by atoms with Crippen LogP contribution in [-0.4, -0.2) is 15.0 Å². The second-order valence-electron chi connectivity index (χ2n) is 6.02. The van der Waals surface area contributed by atoms with Crippen molar-refractivity contribution >= 4 is 17.3 Å². The minimum Gasteiger partial charge on any atom is -0.339 e. The zero-order valence-corrected chi connectivity index (χ0v) is 13.9. The maximum Gasteiger partial charge on any atom is 0.161 e. The summed E-state index contributed by atoms with van der Waals surface area (Å²) in [5.41, 5.74) is 10.2. The van der Waals surface area contributed by atoms with Gasteiger partial charge in [-0.2, -0.15) is 0 Å². The van der Waals surface area contributed by atoms with Crippen LogP contribution in [0.1, 0.15) is 16.7 Å². The Bertz CT molecular complexity index is 956. The van der Waals surface area contributed by atoms with E-state index >= 15 is 0 Å². The first-order valence-electron chi connectivity index (χ1n) is 7.95. The Hall–Kier alpha value is -3.06. The summed E-state index contributed by atoms with van der Waals surface area (Å²) in [4.78, 5) is 13.3. The number of halogens is 1. The summed E-state index contributed by atoms with van der Waals surface area (Å²) < 4.78 is 13.5. The second kappa shape index (κ2) is 6.10. The maximum atomic E-state index is 13.5. The van der Waals surface area contributed by atoms with Crippen LogP contribution in [0.2, 0.25) is 0 Å². The topological polar surface area (TPSA) is 74.8 Å². The van der Waals surface area contributed by atoms with E-state index in [-0.39, 0.29) is 5.82 Å². The Morgan fingerprint density at radius 3 is 2.80 bits per heavy atom. The molecule has 1 aliphatic rings. The molecule has 0 saturated heterocycles. The van der Waals surface area contributed by atoms with Gasteiger partial charge in [-0.05, 0) is 43.7 Å². The third kappa shape index (κ3) is 3.01. The molecule has 126 valence electrons. The normalized spacial score (nSPS) is 12.6. The molecule has 0 radical (unpaired) electrons. The van der Waals surface area contributed by atoms with Gasteiger partial charge in [-0.1, -0.05) is 0 Å². The van der Waals surface area contributed by atoms with Crippen molar-refractivity contribution in [2.45, 2.75) is 20.4 Å². The van der Waals surface area contributed by atoms with E-state index in [0.717, 1.165) is 34.7 Å². The lowest BCUT2D eigenvalue weighted by molar-refractivity contribution is 0.618. The molecule has 0 aliphatic carbocycles. The molecule has 0 amide bonds. The highest BCUT2D eigenvalue weighted by molar-refractivity contribution is 5.65. The van der Waals surface area contributed by atoms with E-state index in [0.29, 0.717) is 17.2 Å². The second-order valence-corrected chi connectivity index (χ2v) is 6.02. The van der Waals surface area contributed by atoms with E-state index in [1.807, 2.05) is 13.0 Å². The summed E-state index contributed by atoms with van der Waals surface area (Å²) in [7, 11) is 0. The van der Waals surface area contributed by atoms with Gasteiger partial charge < -0.3 is 10.7 Å². The summed E-state index contributed by atoms with van der Waals surface area (Å²) in [6, 6.07) is 6.90. The standard InChI is InChI=1S/C18H17FN6/c1-10-5-12(3-4-15(10)19)17-20-7-11(2)16(24-17)23-14-6-13-8-22-25-18(13)21-9-14/h3-7,9,22H,8H2,1-2H3,(H,21,25)(H,20,23,24). The zero-order chi connectivity index (χ0) is 17.4. The van der Waals surface area contributed by atoms with Crippen molar-refractivity contribution in [1.82, 2.24) is 20.4 Å². The Morgan fingerprint density at radius 1 is 1.08 bits per heavy atom. The first kappa shape index (κ1) is 15.5. The van der Waals surface area contributed by atoms with E-state index in [1.54, 1.807) is 31.5 Å². The van der Waals surface area contributed by atoms with Gasteiger partial charge in [0.1, 0.15) is 17.5 Å². The predicted octanol–water partition coefficient (Wildman–Crippen LogP) is 3.47. The fourth-order valence-corrected chi connectivity index (χ4v) is 2.68. The van der Waals surface area contributed by atoms with E-state index in [1.165, 1.54) is 6.07 Å². The Labute approximate surface area is 144 Å². The largest absolute Gasteiger partial charge is 0.339 e. The van der Waals surface area contributed by atoms with Crippen molar-refractivity contribution in [3.8, 4) is 11.4 Å². The molecule has 0 spiro atoms. The van der Waals surface area contributed by atoms with Gasteiger partial charge in [0.2, 0.25) is 0 Å². The van der Waals surface area contributed by atoms with Gasteiger partial charge in [0, 0.05) is 29.4 Å². The van der Waals surface area contributed by atoms with Crippen molar-refractivity contribution in [1.29, 1.82) is 0 Å². The van der Waals surface area contributed by atoms with Crippen molar-refractivity contribution in [3.05, 3.63) is 59.2 Å². The lowest BCUT2D eigenvalue weighted by Crippen LogP contribution is -2.11. The van der Waals surface area contributed by atoms with Crippen LogP contribution < -0.4 is 16.2 Å². The molecule has 25 heavy (non-hydrogen) atoms. The van der Waals surface area contributed by atoms with Crippen molar-refractivity contribution in [3.63, 3.8) is 0 Å². The fraction of sp³-hybridized carbons (Fsp3) is 0.167. The monoisotopic (exact) mass is 336 g/mol. The third-order valence-corrected chi connectivity index (χ3v) is 4.10. The molecule has 6 nitrogen and oxygen atoms in total. The zero-order valence-electron chi connectivity index (χ0n) is 13.9. The number of nitrogens with zero attached hydrogens (tertiary/aromatic N) is 3. The molecular weight excluding hydrogens is 319 g/mol. The number of fused-ring (bicyclic) bond motifs is 1. The molecule has 3 N–H and O–H groups in total. The van der Waals surface area contributed by atoms with Gasteiger partial charge in [0.25, 0.3) is 0 Å². The number of benzene rings is 1. The Balaban J connectivity index is 1.66. The van der Waals surface area contributed by atoms with Crippen LogP contribution in [-0.2, 0) is 6.54 Å². The highest BCUT2D eigenvalue weighted by Crippen LogP contribution is 2.25. The van der Waals surface area contributed by atoms with E-state index in [4.69, 9.17) is 0 Å². The number of hydrogen-bond acceptors (Lipinski definition) is 6. The van der Waals surface area contributed by atoms with Crippen molar-refractivity contribution < 1.29 is 4.39 Å². The molecule has 3 heterocycles. The van der Waals surface area contributed by atoms with Crippen LogP contribution in [0.15, 0.2) is 36.7 Å². The molecule has 0 bridgehead atoms. The summed E-state index contributed by atoms with van der Waals surface area (Å²) in [5.74, 6) is 1.86. The summed E-state index contributed by atoms with van der Waals surface area (Å²) in [6.07, 6.45) is 3.51. The van der Waals surface area contributed by atoms with Crippen LogP contribution >= 0.6 is 0 Å². The molecule has 1 aliphatic heterocycles. The first-order chi connectivity index (χ1) is 12.1. The number of nitrogens with one attached hydrogen (secondary N) is 3. The molecule has 2 aromatic heterocycles. The molecule has 0 atom stereocenters. The average molecular weight is 336 g/mol. The molecular formula is C18H17FN6. The number of aromatic nitrogens is 3. The van der Waals surface area contributed by atoms with Crippen molar-refractivity contribution in [2.75, 3.05) is 10.7 Å². The SMILES string of the molecule is Cc1cc(-c2ncc(C)c(Nc3cnc4c(c3)CNN4)n2)ccc1F. The molecule has 3 aromatic rings. The summed E-state index contributed by atoms with van der Waals surface area (Å²) in [6.45, 7) is 4.39. The lowest BCUT2D eigenvalue weighted by Gasteiger charge is -2.11. The van der Waals surface area contributed by atoms with E-state index in [9.17, 15) is 4.39 Å². The first-order valence-corrected chi connectivity index (χ1v) is 7.95. The summed E-state index contributed by atoms with van der Waals surface area (Å²) in [5, 5.41) is 3.29. The quantitative estimate of drug-likeness (QED) is 0.680. The molecule has 0 saturated carbocycles.